The lowest BCUT2D eigenvalue weighted by Gasteiger charge is -2.37. The van der Waals surface area contributed by atoms with Crippen LogP contribution in [0.3, 0.4) is 0 Å². The highest BCUT2D eigenvalue weighted by atomic mass is 16.5. The molecule has 2 aliphatic heterocycles. The molecule has 6 heteroatoms. The number of carbonyl (C=O) groups is 2. The predicted molar refractivity (Wildman–Crippen MR) is 93.1 cm³/mol. The van der Waals surface area contributed by atoms with E-state index >= 15 is 0 Å². The van der Waals surface area contributed by atoms with Crippen LogP contribution < -0.4 is 4.74 Å². The Hall–Kier alpha value is -2.08. The Bertz CT molecular complexity index is 641. The fourth-order valence-electron chi connectivity index (χ4n) is 3.90. The summed E-state index contributed by atoms with van der Waals surface area (Å²) >= 11 is 0. The van der Waals surface area contributed by atoms with Crippen molar-refractivity contribution in [3.05, 3.63) is 29.8 Å². The van der Waals surface area contributed by atoms with Gasteiger partial charge in [0.05, 0.1) is 19.7 Å². The van der Waals surface area contributed by atoms with Gasteiger partial charge < -0.3 is 19.6 Å². The van der Waals surface area contributed by atoms with E-state index in [4.69, 9.17) is 4.74 Å². The first-order valence-electron chi connectivity index (χ1n) is 8.87. The molecular weight excluding hydrogens is 320 g/mol. The number of likely N-dealkylation sites (tertiary alicyclic amines) is 2. The van der Waals surface area contributed by atoms with Gasteiger partial charge in [-0.1, -0.05) is 12.1 Å². The first-order valence-corrected chi connectivity index (χ1v) is 8.87. The standard InChI is InChI=1S/C19H26N2O4/c1-19(24,14-7-9-15(25-2)10-8-14)16-5-3-12-21(16)18(23)13-20-11-4-6-17(20)22/h7-10,16,24H,3-6,11-13H2,1-2H3/t16-,19-/m1/s1. The third kappa shape index (κ3) is 3.49. The highest BCUT2D eigenvalue weighted by molar-refractivity contribution is 5.86. The number of hydrogen-bond donors (Lipinski definition) is 1. The lowest BCUT2D eigenvalue weighted by atomic mass is 9.86. The number of aliphatic hydroxyl groups is 1. The maximum absolute atomic E-state index is 12.7. The van der Waals surface area contributed by atoms with Crippen LogP contribution in [0.1, 0.15) is 38.2 Å². The van der Waals surface area contributed by atoms with E-state index in [1.54, 1.807) is 23.8 Å². The lowest BCUT2D eigenvalue weighted by Crippen LogP contribution is -2.51. The second kappa shape index (κ2) is 7.04. The van der Waals surface area contributed by atoms with E-state index in [0.29, 0.717) is 19.5 Å². The van der Waals surface area contributed by atoms with E-state index < -0.39 is 5.60 Å². The van der Waals surface area contributed by atoms with Crippen LogP contribution in [0.4, 0.5) is 0 Å². The van der Waals surface area contributed by atoms with Crippen molar-refractivity contribution in [3.63, 3.8) is 0 Å². The molecule has 3 rings (SSSR count). The minimum Gasteiger partial charge on any atom is -0.497 e. The molecule has 0 aliphatic carbocycles. The Morgan fingerprint density at radius 1 is 1.28 bits per heavy atom. The van der Waals surface area contributed by atoms with Gasteiger partial charge in [0.1, 0.15) is 11.4 Å². The average Bonchev–Trinajstić information content (AvgIpc) is 3.25. The summed E-state index contributed by atoms with van der Waals surface area (Å²) in [5.74, 6) is 0.698. The molecule has 2 atom stereocenters. The Morgan fingerprint density at radius 3 is 2.60 bits per heavy atom. The van der Waals surface area contributed by atoms with Crippen LogP contribution in [0.25, 0.3) is 0 Å². The van der Waals surface area contributed by atoms with E-state index in [1.807, 2.05) is 24.3 Å². The molecule has 0 unspecified atom stereocenters. The number of amides is 2. The molecule has 0 saturated carbocycles. The largest absolute Gasteiger partial charge is 0.497 e. The van der Waals surface area contributed by atoms with Crippen molar-refractivity contribution in [3.8, 4) is 5.75 Å². The van der Waals surface area contributed by atoms with Crippen molar-refractivity contribution in [2.45, 2.75) is 44.2 Å². The summed E-state index contributed by atoms with van der Waals surface area (Å²) < 4.78 is 5.17. The molecular formula is C19H26N2O4. The second-order valence-electron chi connectivity index (χ2n) is 7.04. The number of methoxy groups -OCH3 is 1. The van der Waals surface area contributed by atoms with Crippen LogP contribution in [0.15, 0.2) is 24.3 Å². The maximum atomic E-state index is 12.7. The molecule has 2 aliphatic rings. The first-order chi connectivity index (χ1) is 11.9. The minimum atomic E-state index is -1.15. The van der Waals surface area contributed by atoms with E-state index in [-0.39, 0.29) is 24.4 Å². The maximum Gasteiger partial charge on any atom is 0.242 e. The van der Waals surface area contributed by atoms with Crippen LogP contribution >= 0.6 is 0 Å². The van der Waals surface area contributed by atoms with Gasteiger partial charge in [-0.3, -0.25) is 9.59 Å². The van der Waals surface area contributed by atoms with E-state index in [1.165, 1.54) is 0 Å². The van der Waals surface area contributed by atoms with Crippen molar-refractivity contribution >= 4 is 11.8 Å². The number of ether oxygens (including phenoxy) is 1. The minimum absolute atomic E-state index is 0.0472. The summed E-state index contributed by atoms with van der Waals surface area (Å²) in [6, 6.07) is 7.01. The van der Waals surface area contributed by atoms with E-state index in [2.05, 4.69) is 0 Å². The summed E-state index contributed by atoms with van der Waals surface area (Å²) in [4.78, 5) is 27.9. The van der Waals surface area contributed by atoms with Crippen molar-refractivity contribution < 1.29 is 19.4 Å². The molecule has 2 amide bonds. The van der Waals surface area contributed by atoms with Gasteiger partial charge in [0.2, 0.25) is 11.8 Å². The normalized spacial score (nSPS) is 23.0. The number of carbonyl (C=O) groups excluding carboxylic acids is 2. The summed E-state index contributed by atoms with van der Waals surface area (Å²) in [5.41, 5.74) is -0.386. The molecule has 0 bridgehead atoms. The molecule has 0 radical (unpaired) electrons. The average molecular weight is 346 g/mol. The fourth-order valence-corrected chi connectivity index (χ4v) is 3.90. The van der Waals surface area contributed by atoms with Crippen molar-refractivity contribution in [2.24, 2.45) is 0 Å². The summed E-state index contributed by atoms with van der Waals surface area (Å²) in [5, 5.41) is 11.2. The van der Waals surface area contributed by atoms with Crippen LogP contribution in [0, 0.1) is 0 Å². The van der Waals surface area contributed by atoms with Crippen LogP contribution in [-0.4, -0.2) is 59.5 Å². The van der Waals surface area contributed by atoms with Gasteiger partial charge in [-0.05, 0) is 43.9 Å². The molecule has 0 aromatic heterocycles. The molecule has 1 aromatic carbocycles. The Labute approximate surface area is 148 Å². The molecule has 6 nitrogen and oxygen atoms in total. The van der Waals surface area contributed by atoms with Crippen LogP contribution in [0.5, 0.6) is 5.75 Å². The van der Waals surface area contributed by atoms with Gasteiger partial charge in [-0.25, -0.2) is 0 Å². The predicted octanol–water partition coefficient (Wildman–Crippen LogP) is 1.52. The molecule has 1 aromatic rings. The number of benzene rings is 1. The Kier molecular flexibility index (Phi) is 4.99. The van der Waals surface area contributed by atoms with Crippen molar-refractivity contribution in [1.82, 2.24) is 9.80 Å². The van der Waals surface area contributed by atoms with Crippen LogP contribution in [-0.2, 0) is 15.2 Å². The van der Waals surface area contributed by atoms with Gasteiger partial charge in [0, 0.05) is 19.5 Å². The summed E-state index contributed by atoms with van der Waals surface area (Å²) in [6.07, 6.45) is 2.95. The Balaban J connectivity index is 1.74. The molecule has 2 heterocycles. The highest BCUT2D eigenvalue weighted by Crippen LogP contribution is 2.35. The molecule has 0 spiro atoms. The van der Waals surface area contributed by atoms with Gasteiger partial charge >= 0.3 is 0 Å². The fraction of sp³-hybridized carbons (Fsp3) is 0.579. The summed E-state index contributed by atoms with van der Waals surface area (Å²) in [6.45, 7) is 3.15. The zero-order valence-corrected chi connectivity index (χ0v) is 14.9. The van der Waals surface area contributed by atoms with Crippen LogP contribution in [0.2, 0.25) is 0 Å². The lowest BCUT2D eigenvalue weighted by molar-refractivity contribution is -0.142. The van der Waals surface area contributed by atoms with Gasteiger partial charge in [0.15, 0.2) is 0 Å². The number of nitrogens with zero attached hydrogens (tertiary/aromatic N) is 2. The molecule has 2 saturated heterocycles. The van der Waals surface area contributed by atoms with Crippen molar-refractivity contribution in [2.75, 3.05) is 26.7 Å². The third-order valence-corrected chi connectivity index (χ3v) is 5.39. The van der Waals surface area contributed by atoms with Gasteiger partial charge in [0.25, 0.3) is 0 Å². The second-order valence-corrected chi connectivity index (χ2v) is 7.04. The quantitative estimate of drug-likeness (QED) is 0.877. The monoisotopic (exact) mass is 346 g/mol. The third-order valence-electron chi connectivity index (χ3n) is 5.39. The van der Waals surface area contributed by atoms with E-state index in [9.17, 15) is 14.7 Å². The zero-order valence-electron chi connectivity index (χ0n) is 14.9. The molecule has 1 N–H and O–H groups in total. The first kappa shape index (κ1) is 17.7. The van der Waals surface area contributed by atoms with Crippen molar-refractivity contribution in [1.29, 1.82) is 0 Å². The zero-order chi connectivity index (χ0) is 18.0. The molecule has 136 valence electrons. The summed E-state index contributed by atoms with van der Waals surface area (Å²) in [7, 11) is 1.60. The molecule has 2 fully saturated rings. The highest BCUT2D eigenvalue weighted by Gasteiger charge is 2.43. The Morgan fingerprint density at radius 2 is 2.00 bits per heavy atom. The van der Waals surface area contributed by atoms with Gasteiger partial charge in [-0.15, -0.1) is 0 Å². The van der Waals surface area contributed by atoms with E-state index in [0.717, 1.165) is 30.6 Å². The molecule has 25 heavy (non-hydrogen) atoms. The SMILES string of the molecule is COc1ccc([C@@](C)(O)[C@H]2CCCN2C(=O)CN2CCCC2=O)cc1. The smallest absolute Gasteiger partial charge is 0.242 e. The number of rotatable bonds is 5. The number of hydrogen-bond acceptors (Lipinski definition) is 4. The van der Waals surface area contributed by atoms with Gasteiger partial charge in [-0.2, -0.15) is 0 Å². The topological polar surface area (TPSA) is 70.1 Å².